The number of nitrogens with one attached hydrogen (secondary N) is 1. The molecule has 0 unspecified atom stereocenters. The second-order valence-corrected chi connectivity index (χ2v) is 3.08. The summed E-state index contributed by atoms with van der Waals surface area (Å²) in [5.74, 6) is 0. The number of halogens is 1. The Morgan fingerprint density at radius 1 is 1.64 bits per heavy atom. The zero-order valence-electron chi connectivity index (χ0n) is 7.34. The van der Waals surface area contributed by atoms with Crippen LogP contribution >= 0.6 is 11.6 Å². The topological polar surface area (TPSA) is 73.1 Å². The fourth-order valence-corrected chi connectivity index (χ4v) is 1.21. The smallest absolute Gasteiger partial charge is 0.409 e. The summed E-state index contributed by atoms with van der Waals surface area (Å²) in [5.41, 5.74) is 1.30. The number of nitriles is 1. The van der Waals surface area contributed by atoms with Gasteiger partial charge in [0.15, 0.2) is 0 Å². The minimum atomic E-state index is -1.19. The Labute approximate surface area is 85.7 Å². The van der Waals surface area contributed by atoms with Crippen molar-refractivity contribution in [1.29, 1.82) is 5.26 Å². The van der Waals surface area contributed by atoms with E-state index in [9.17, 15) is 4.79 Å². The van der Waals surface area contributed by atoms with Gasteiger partial charge in [-0.2, -0.15) is 5.26 Å². The summed E-state index contributed by atoms with van der Waals surface area (Å²) in [7, 11) is 0. The standard InChI is InChI=1S/C9H7ClN2O2/c1-5-6(4-11)2-7(3-8(5)10)12-9(13)14/h2-3,12H,1H3,(H,13,14). The van der Waals surface area contributed by atoms with Gasteiger partial charge in [-0.25, -0.2) is 4.79 Å². The molecule has 0 aliphatic rings. The lowest BCUT2D eigenvalue weighted by atomic mass is 10.1. The van der Waals surface area contributed by atoms with Crippen molar-refractivity contribution < 1.29 is 9.90 Å². The molecule has 1 aromatic carbocycles. The molecule has 0 aliphatic heterocycles. The van der Waals surface area contributed by atoms with E-state index in [0.29, 0.717) is 21.8 Å². The van der Waals surface area contributed by atoms with Crippen LogP contribution in [0.2, 0.25) is 5.02 Å². The summed E-state index contributed by atoms with van der Waals surface area (Å²) in [4.78, 5) is 10.3. The van der Waals surface area contributed by atoms with Crippen LogP contribution in [0.3, 0.4) is 0 Å². The van der Waals surface area contributed by atoms with E-state index in [0.717, 1.165) is 0 Å². The van der Waals surface area contributed by atoms with Crippen molar-refractivity contribution in [3.63, 3.8) is 0 Å². The second kappa shape index (κ2) is 3.99. The number of carbonyl (C=O) groups is 1. The van der Waals surface area contributed by atoms with E-state index in [4.69, 9.17) is 22.0 Å². The number of amides is 1. The Hall–Kier alpha value is -1.73. The second-order valence-electron chi connectivity index (χ2n) is 2.67. The molecule has 2 N–H and O–H groups in total. The Bertz CT molecular complexity index is 424. The van der Waals surface area contributed by atoms with Crippen molar-refractivity contribution >= 4 is 23.4 Å². The molecular weight excluding hydrogens is 204 g/mol. The van der Waals surface area contributed by atoms with Gasteiger partial charge in [-0.15, -0.1) is 0 Å². The first-order chi connectivity index (χ1) is 6.54. The van der Waals surface area contributed by atoms with Gasteiger partial charge in [0.2, 0.25) is 0 Å². The SMILES string of the molecule is Cc1c(Cl)cc(NC(=O)O)cc1C#N. The maximum Gasteiger partial charge on any atom is 0.409 e. The molecule has 14 heavy (non-hydrogen) atoms. The van der Waals surface area contributed by atoms with Crippen LogP contribution in [-0.2, 0) is 0 Å². The molecule has 5 heteroatoms. The van der Waals surface area contributed by atoms with Gasteiger partial charge in [0.25, 0.3) is 0 Å². The van der Waals surface area contributed by atoms with Crippen molar-refractivity contribution in [3.05, 3.63) is 28.3 Å². The van der Waals surface area contributed by atoms with Gasteiger partial charge in [-0.05, 0) is 24.6 Å². The van der Waals surface area contributed by atoms with Crippen LogP contribution < -0.4 is 5.32 Å². The van der Waals surface area contributed by atoms with Crippen LogP contribution in [0.15, 0.2) is 12.1 Å². The lowest BCUT2D eigenvalue weighted by molar-refractivity contribution is 0.210. The van der Waals surface area contributed by atoms with Crippen LogP contribution in [0.1, 0.15) is 11.1 Å². The van der Waals surface area contributed by atoms with E-state index in [1.165, 1.54) is 12.1 Å². The third-order valence-corrected chi connectivity index (χ3v) is 2.11. The minimum absolute atomic E-state index is 0.296. The molecule has 0 spiro atoms. The molecule has 0 radical (unpaired) electrons. The highest BCUT2D eigenvalue weighted by Gasteiger charge is 2.06. The van der Waals surface area contributed by atoms with Crippen LogP contribution in [-0.4, -0.2) is 11.2 Å². The third-order valence-electron chi connectivity index (χ3n) is 1.72. The van der Waals surface area contributed by atoms with Crippen LogP contribution in [0, 0.1) is 18.3 Å². The molecule has 0 heterocycles. The summed E-state index contributed by atoms with van der Waals surface area (Å²) in [6, 6.07) is 4.84. The van der Waals surface area contributed by atoms with Crippen LogP contribution in [0.5, 0.6) is 0 Å². The van der Waals surface area contributed by atoms with Gasteiger partial charge in [-0.1, -0.05) is 11.6 Å². The minimum Gasteiger partial charge on any atom is -0.465 e. The lowest BCUT2D eigenvalue weighted by Crippen LogP contribution is -2.07. The number of benzene rings is 1. The molecule has 0 bridgehead atoms. The van der Waals surface area contributed by atoms with Gasteiger partial charge >= 0.3 is 6.09 Å². The Balaban J connectivity index is 3.18. The molecule has 0 aromatic heterocycles. The first-order valence-electron chi connectivity index (χ1n) is 3.75. The average molecular weight is 211 g/mol. The quantitative estimate of drug-likeness (QED) is 0.748. The molecule has 0 saturated carbocycles. The molecule has 1 rings (SSSR count). The van der Waals surface area contributed by atoms with Gasteiger partial charge in [0, 0.05) is 10.7 Å². The number of hydrogen-bond acceptors (Lipinski definition) is 2. The number of hydrogen-bond donors (Lipinski definition) is 2. The zero-order valence-corrected chi connectivity index (χ0v) is 8.09. The van der Waals surface area contributed by atoms with E-state index < -0.39 is 6.09 Å². The Morgan fingerprint density at radius 2 is 2.29 bits per heavy atom. The van der Waals surface area contributed by atoms with Gasteiger partial charge < -0.3 is 5.11 Å². The van der Waals surface area contributed by atoms with Gasteiger partial charge in [0.05, 0.1) is 11.6 Å². The Kier molecular flexibility index (Phi) is 2.95. The third kappa shape index (κ3) is 2.15. The van der Waals surface area contributed by atoms with Gasteiger partial charge in [0.1, 0.15) is 0 Å². The van der Waals surface area contributed by atoms with E-state index in [1.54, 1.807) is 6.92 Å². The predicted octanol–water partition coefficient (Wildman–Crippen LogP) is 2.61. The molecule has 72 valence electrons. The van der Waals surface area contributed by atoms with Crippen molar-refractivity contribution in [2.45, 2.75) is 6.92 Å². The molecule has 0 fully saturated rings. The first kappa shape index (κ1) is 10.4. The maximum atomic E-state index is 10.3. The number of rotatable bonds is 1. The molecular formula is C9H7ClN2O2. The highest BCUT2D eigenvalue weighted by atomic mass is 35.5. The highest BCUT2D eigenvalue weighted by molar-refractivity contribution is 6.31. The van der Waals surface area contributed by atoms with Crippen molar-refractivity contribution in [1.82, 2.24) is 0 Å². The largest absolute Gasteiger partial charge is 0.465 e. The normalized spacial score (nSPS) is 9.21. The fourth-order valence-electron chi connectivity index (χ4n) is 0.991. The van der Waals surface area contributed by atoms with E-state index in [1.807, 2.05) is 6.07 Å². The number of nitrogens with zero attached hydrogens (tertiary/aromatic N) is 1. The molecule has 1 amide bonds. The monoisotopic (exact) mass is 210 g/mol. The molecule has 4 nitrogen and oxygen atoms in total. The summed E-state index contributed by atoms with van der Waals surface area (Å²) in [6.07, 6.45) is -1.19. The van der Waals surface area contributed by atoms with Crippen molar-refractivity contribution in [2.24, 2.45) is 0 Å². The van der Waals surface area contributed by atoms with E-state index >= 15 is 0 Å². The van der Waals surface area contributed by atoms with E-state index in [2.05, 4.69) is 5.32 Å². The summed E-state index contributed by atoms with van der Waals surface area (Å²) in [6.45, 7) is 1.70. The van der Waals surface area contributed by atoms with Crippen molar-refractivity contribution in [2.75, 3.05) is 5.32 Å². The Morgan fingerprint density at radius 3 is 2.79 bits per heavy atom. The van der Waals surface area contributed by atoms with Crippen LogP contribution in [0.25, 0.3) is 0 Å². The lowest BCUT2D eigenvalue weighted by Gasteiger charge is -2.05. The zero-order chi connectivity index (χ0) is 10.7. The molecule has 1 aromatic rings. The molecule has 0 atom stereocenters. The van der Waals surface area contributed by atoms with Gasteiger partial charge in [-0.3, -0.25) is 5.32 Å². The first-order valence-corrected chi connectivity index (χ1v) is 4.12. The maximum absolute atomic E-state index is 10.3. The van der Waals surface area contributed by atoms with Crippen LogP contribution in [0.4, 0.5) is 10.5 Å². The summed E-state index contributed by atoms with van der Waals surface area (Å²) >= 11 is 5.80. The predicted molar refractivity (Wildman–Crippen MR) is 52.6 cm³/mol. The highest BCUT2D eigenvalue weighted by Crippen LogP contribution is 2.23. The summed E-state index contributed by atoms with van der Waals surface area (Å²) < 4.78 is 0. The average Bonchev–Trinajstić information content (AvgIpc) is 2.10. The fraction of sp³-hybridized carbons (Fsp3) is 0.111. The summed E-state index contributed by atoms with van der Waals surface area (Å²) in [5, 5.41) is 19.7. The number of anilines is 1. The van der Waals surface area contributed by atoms with E-state index in [-0.39, 0.29) is 0 Å². The molecule has 0 saturated heterocycles. The molecule has 0 aliphatic carbocycles. The van der Waals surface area contributed by atoms with Crippen molar-refractivity contribution in [3.8, 4) is 6.07 Å². The number of carboxylic acid groups (broad SMARTS) is 1.